The summed E-state index contributed by atoms with van der Waals surface area (Å²) < 4.78 is 5.50. The highest BCUT2D eigenvalue weighted by molar-refractivity contribution is 7.99. The molecule has 0 saturated carbocycles. The van der Waals surface area contributed by atoms with E-state index < -0.39 is 0 Å². The lowest BCUT2D eigenvalue weighted by Crippen LogP contribution is -2.14. The molecule has 0 aliphatic carbocycles. The zero-order chi connectivity index (χ0) is 17.6. The minimum absolute atomic E-state index is 0.0192. The van der Waals surface area contributed by atoms with Crippen LogP contribution in [0.5, 0.6) is 0 Å². The highest BCUT2D eigenvalue weighted by atomic mass is 32.2. The van der Waals surface area contributed by atoms with Gasteiger partial charge in [-0.05, 0) is 43.3 Å². The summed E-state index contributed by atoms with van der Waals surface area (Å²) in [6.07, 6.45) is 3.28. The number of thioether (sulfide) groups is 1. The quantitative estimate of drug-likeness (QED) is 0.536. The van der Waals surface area contributed by atoms with Gasteiger partial charge in [0.15, 0.2) is 5.78 Å². The number of carbonyl (C=O) groups excluding carboxylic acids is 2. The molecule has 0 aliphatic rings. The molecule has 8 heteroatoms. The molecule has 1 N–H and O–H groups in total. The van der Waals surface area contributed by atoms with E-state index in [0.29, 0.717) is 22.4 Å². The van der Waals surface area contributed by atoms with Crippen molar-refractivity contribution < 1.29 is 14.0 Å². The van der Waals surface area contributed by atoms with Crippen LogP contribution in [0, 0.1) is 0 Å². The van der Waals surface area contributed by atoms with Gasteiger partial charge >= 0.3 is 0 Å². The van der Waals surface area contributed by atoms with Crippen LogP contribution < -0.4 is 5.32 Å². The second-order valence-electron chi connectivity index (χ2n) is 5.09. The molecule has 0 bridgehead atoms. The Kier molecular flexibility index (Phi) is 5.20. The van der Waals surface area contributed by atoms with Gasteiger partial charge in [-0.1, -0.05) is 11.8 Å². The standard InChI is InChI=1S/C17H14N4O3S/c1-11(22)12-4-6-14(7-5-12)19-15(23)10-25-17-21-20-16(24-17)13-3-2-8-18-9-13/h2-9H,10H2,1H3,(H,19,23). The summed E-state index contributed by atoms with van der Waals surface area (Å²) in [6.45, 7) is 1.49. The first kappa shape index (κ1) is 16.8. The van der Waals surface area contributed by atoms with Crippen LogP contribution in [0.2, 0.25) is 0 Å². The van der Waals surface area contributed by atoms with E-state index in [1.54, 1.807) is 42.7 Å². The third-order valence-corrected chi connectivity index (χ3v) is 4.04. The zero-order valence-electron chi connectivity index (χ0n) is 13.3. The Bertz CT molecular complexity index is 878. The number of carbonyl (C=O) groups is 2. The average Bonchev–Trinajstić information content (AvgIpc) is 3.10. The van der Waals surface area contributed by atoms with E-state index in [0.717, 1.165) is 17.3 Å². The van der Waals surface area contributed by atoms with E-state index in [1.807, 2.05) is 6.07 Å². The Morgan fingerprint density at radius 1 is 1.16 bits per heavy atom. The Morgan fingerprint density at radius 2 is 1.96 bits per heavy atom. The van der Waals surface area contributed by atoms with Crippen LogP contribution in [0.15, 0.2) is 58.4 Å². The maximum atomic E-state index is 12.0. The Hall–Kier alpha value is -3.00. The molecule has 7 nitrogen and oxygen atoms in total. The summed E-state index contributed by atoms with van der Waals surface area (Å²) in [5.41, 5.74) is 1.94. The number of nitrogens with one attached hydrogen (secondary N) is 1. The number of Topliss-reactive ketones (excluding diaryl/α,β-unsaturated/α-hetero) is 1. The number of hydrogen-bond acceptors (Lipinski definition) is 7. The highest BCUT2D eigenvalue weighted by Crippen LogP contribution is 2.22. The molecule has 1 amide bonds. The highest BCUT2D eigenvalue weighted by Gasteiger charge is 2.11. The molecule has 0 saturated heterocycles. The Morgan fingerprint density at radius 3 is 2.64 bits per heavy atom. The monoisotopic (exact) mass is 354 g/mol. The van der Waals surface area contributed by atoms with Crippen molar-refractivity contribution >= 4 is 29.1 Å². The summed E-state index contributed by atoms with van der Waals surface area (Å²) in [5, 5.41) is 10.9. The molecule has 0 radical (unpaired) electrons. The number of nitrogens with zero attached hydrogens (tertiary/aromatic N) is 3. The van der Waals surface area contributed by atoms with Crippen molar-refractivity contribution in [2.24, 2.45) is 0 Å². The first-order valence-corrected chi connectivity index (χ1v) is 8.38. The van der Waals surface area contributed by atoms with Gasteiger partial charge in [0, 0.05) is 23.6 Å². The van der Waals surface area contributed by atoms with E-state index in [2.05, 4.69) is 20.5 Å². The topological polar surface area (TPSA) is 98.0 Å². The largest absolute Gasteiger partial charge is 0.411 e. The lowest BCUT2D eigenvalue weighted by Gasteiger charge is -2.04. The molecule has 126 valence electrons. The Balaban J connectivity index is 1.54. The normalized spacial score (nSPS) is 10.4. The van der Waals surface area contributed by atoms with Crippen molar-refractivity contribution in [3.8, 4) is 11.5 Å². The number of pyridine rings is 1. The number of benzene rings is 1. The maximum absolute atomic E-state index is 12.0. The van der Waals surface area contributed by atoms with E-state index in [-0.39, 0.29) is 17.4 Å². The third kappa shape index (κ3) is 4.51. The fourth-order valence-corrected chi connectivity index (χ4v) is 2.55. The molecular formula is C17H14N4O3S. The molecule has 0 atom stereocenters. The molecule has 2 aromatic heterocycles. The summed E-state index contributed by atoms with van der Waals surface area (Å²) in [7, 11) is 0. The van der Waals surface area contributed by atoms with Crippen LogP contribution in [0.4, 0.5) is 5.69 Å². The first-order chi connectivity index (χ1) is 12.1. The van der Waals surface area contributed by atoms with Gasteiger partial charge < -0.3 is 9.73 Å². The van der Waals surface area contributed by atoms with E-state index in [1.165, 1.54) is 6.92 Å². The van der Waals surface area contributed by atoms with Crippen LogP contribution in [0.1, 0.15) is 17.3 Å². The fraction of sp³-hybridized carbons (Fsp3) is 0.118. The lowest BCUT2D eigenvalue weighted by atomic mass is 10.1. The third-order valence-electron chi connectivity index (χ3n) is 3.22. The van der Waals surface area contributed by atoms with Gasteiger partial charge in [-0.25, -0.2) is 0 Å². The van der Waals surface area contributed by atoms with Crippen LogP contribution >= 0.6 is 11.8 Å². The lowest BCUT2D eigenvalue weighted by molar-refractivity contribution is -0.113. The van der Waals surface area contributed by atoms with Crippen molar-refractivity contribution in [2.45, 2.75) is 12.1 Å². The van der Waals surface area contributed by atoms with Gasteiger partial charge in [0.2, 0.25) is 11.8 Å². The summed E-state index contributed by atoms with van der Waals surface area (Å²) in [4.78, 5) is 27.2. The van der Waals surface area contributed by atoms with Gasteiger partial charge in [0.05, 0.1) is 11.3 Å². The van der Waals surface area contributed by atoms with E-state index in [9.17, 15) is 9.59 Å². The number of amides is 1. The summed E-state index contributed by atoms with van der Waals surface area (Å²) >= 11 is 1.14. The van der Waals surface area contributed by atoms with Crippen molar-refractivity contribution in [3.05, 3.63) is 54.4 Å². The number of aromatic nitrogens is 3. The zero-order valence-corrected chi connectivity index (χ0v) is 14.1. The number of ketones is 1. The van der Waals surface area contributed by atoms with E-state index in [4.69, 9.17) is 4.42 Å². The molecule has 0 aliphatic heterocycles. The molecule has 2 heterocycles. The van der Waals surface area contributed by atoms with E-state index >= 15 is 0 Å². The SMILES string of the molecule is CC(=O)c1ccc(NC(=O)CSc2nnc(-c3cccnc3)o2)cc1. The number of rotatable bonds is 6. The summed E-state index contributed by atoms with van der Waals surface area (Å²) in [6, 6.07) is 10.3. The molecule has 3 rings (SSSR count). The minimum Gasteiger partial charge on any atom is -0.411 e. The van der Waals surface area contributed by atoms with Gasteiger partial charge in [0.25, 0.3) is 5.22 Å². The van der Waals surface area contributed by atoms with Crippen LogP contribution in [0.25, 0.3) is 11.5 Å². The molecule has 0 spiro atoms. The molecule has 0 fully saturated rings. The summed E-state index contributed by atoms with van der Waals surface area (Å²) in [5.74, 6) is 0.259. The fourth-order valence-electron chi connectivity index (χ4n) is 1.99. The minimum atomic E-state index is -0.207. The van der Waals surface area contributed by atoms with Crippen molar-refractivity contribution in [1.82, 2.24) is 15.2 Å². The molecule has 3 aromatic rings. The maximum Gasteiger partial charge on any atom is 0.277 e. The molecule has 0 unspecified atom stereocenters. The van der Waals surface area contributed by atoms with Gasteiger partial charge in [0.1, 0.15) is 0 Å². The molecular weight excluding hydrogens is 340 g/mol. The van der Waals surface area contributed by atoms with Crippen LogP contribution in [-0.2, 0) is 4.79 Å². The predicted molar refractivity (Wildman–Crippen MR) is 93.3 cm³/mol. The first-order valence-electron chi connectivity index (χ1n) is 7.39. The predicted octanol–water partition coefficient (Wildman–Crippen LogP) is 3.07. The number of hydrogen-bond donors (Lipinski definition) is 1. The van der Waals surface area contributed by atoms with Gasteiger partial charge in [-0.3, -0.25) is 14.6 Å². The molecule has 25 heavy (non-hydrogen) atoms. The van der Waals surface area contributed by atoms with Gasteiger partial charge in [-0.15, -0.1) is 10.2 Å². The second-order valence-corrected chi connectivity index (χ2v) is 6.01. The second kappa shape index (κ2) is 7.71. The number of anilines is 1. The van der Waals surface area contributed by atoms with Crippen molar-refractivity contribution in [2.75, 3.05) is 11.1 Å². The van der Waals surface area contributed by atoms with Crippen LogP contribution in [-0.4, -0.2) is 32.6 Å². The Labute approximate surface area is 147 Å². The van der Waals surface area contributed by atoms with Crippen LogP contribution in [0.3, 0.4) is 0 Å². The molecule has 1 aromatic carbocycles. The smallest absolute Gasteiger partial charge is 0.277 e. The average molecular weight is 354 g/mol. The van der Waals surface area contributed by atoms with Crippen molar-refractivity contribution in [3.63, 3.8) is 0 Å². The van der Waals surface area contributed by atoms with Crippen molar-refractivity contribution in [1.29, 1.82) is 0 Å². The van der Waals surface area contributed by atoms with Gasteiger partial charge in [-0.2, -0.15) is 0 Å².